The van der Waals surface area contributed by atoms with E-state index in [0.29, 0.717) is 12.0 Å². The van der Waals surface area contributed by atoms with Crippen molar-refractivity contribution in [2.45, 2.75) is 12.6 Å². The van der Waals surface area contributed by atoms with Crippen LogP contribution in [0.3, 0.4) is 0 Å². The van der Waals surface area contributed by atoms with Crippen LogP contribution in [0.1, 0.15) is 11.6 Å². The lowest BCUT2D eigenvalue weighted by Gasteiger charge is -2.28. The van der Waals surface area contributed by atoms with E-state index in [2.05, 4.69) is 56.2 Å². The van der Waals surface area contributed by atoms with Crippen molar-refractivity contribution in [3.63, 3.8) is 0 Å². The second kappa shape index (κ2) is 6.60. The molecule has 1 aliphatic rings. The Hall–Kier alpha value is -1.37. The Labute approximate surface area is 130 Å². The Morgan fingerprint density at radius 2 is 2.43 bits per heavy atom. The molecule has 114 valence electrons. The lowest BCUT2D eigenvalue weighted by atomic mass is 10.1. The van der Waals surface area contributed by atoms with Crippen LogP contribution in [-0.2, 0) is 6.54 Å². The second-order valence-electron chi connectivity index (χ2n) is 5.84. The van der Waals surface area contributed by atoms with Gasteiger partial charge in [0.25, 0.3) is 0 Å². The molecule has 5 nitrogen and oxygen atoms in total. The van der Waals surface area contributed by atoms with Gasteiger partial charge in [-0.3, -0.25) is 0 Å². The molecule has 0 spiro atoms. The van der Waals surface area contributed by atoms with Gasteiger partial charge >= 0.3 is 0 Å². The van der Waals surface area contributed by atoms with Gasteiger partial charge in [0, 0.05) is 44.2 Å². The zero-order chi connectivity index (χ0) is 14.7. The molecule has 2 aromatic heterocycles. The summed E-state index contributed by atoms with van der Waals surface area (Å²) >= 11 is 1.76. The normalized spacial score (nSPS) is 19.3. The first-order valence-corrected chi connectivity index (χ1v) is 8.33. The van der Waals surface area contributed by atoms with Gasteiger partial charge in [-0.05, 0) is 36.5 Å². The largest absolute Gasteiger partial charge is 0.370 e. The molecule has 0 radical (unpaired) electrons. The molecule has 2 atom stereocenters. The van der Waals surface area contributed by atoms with Gasteiger partial charge in [0.05, 0.1) is 6.20 Å². The molecule has 0 bridgehead atoms. The number of nitrogens with zero attached hydrogens (tertiary/aromatic N) is 3. The minimum Gasteiger partial charge on any atom is -0.370 e. The number of hydrogen-bond donors (Lipinski definition) is 2. The van der Waals surface area contributed by atoms with Gasteiger partial charge in [-0.25, -0.2) is 4.68 Å². The first kappa shape index (κ1) is 14.6. The Morgan fingerprint density at radius 1 is 1.52 bits per heavy atom. The monoisotopic (exact) mass is 305 g/mol. The molecule has 0 amide bonds. The summed E-state index contributed by atoms with van der Waals surface area (Å²) in [5.41, 5.74) is 1.40. The summed E-state index contributed by atoms with van der Waals surface area (Å²) in [6, 6.07) is 4.69. The third-order valence-electron chi connectivity index (χ3n) is 4.04. The zero-order valence-electron chi connectivity index (χ0n) is 12.6. The standard InChI is InChI=1S/C15H23N5S/c1-19(2)14(13-4-6-21-11-13)9-16-7-12-8-17-15-3-5-18-20(15)10-12/h3-6,11-12,14,16-17H,7-10H2,1-2H3/t12-,14+/m1/s1. The van der Waals surface area contributed by atoms with E-state index in [1.54, 1.807) is 11.3 Å². The maximum Gasteiger partial charge on any atom is 0.124 e. The van der Waals surface area contributed by atoms with Gasteiger partial charge in [0.2, 0.25) is 0 Å². The summed E-state index contributed by atoms with van der Waals surface area (Å²) in [5, 5.41) is 15.8. The van der Waals surface area contributed by atoms with Crippen LogP contribution in [0.15, 0.2) is 29.1 Å². The highest BCUT2D eigenvalue weighted by Crippen LogP contribution is 2.20. The van der Waals surface area contributed by atoms with Gasteiger partial charge in [0.15, 0.2) is 0 Å². The molecule has 2 aromatic rings. The summed E-state index contributed by atoms with van der Waals surface area (Å²) < 4.78 is 2.05. The Kier molecular flexibility index (Phi) is 4.57. The molecule has 21 heavy (non-hydrogen) atoms. The molecule has 3 heterocycles. The fourth-order valence-corrected chi connectivity index (χ4v) is 3.52. The summed E-state index contributed by atoms with van der Waals surface area (Å²) in [6.45, 7) is 4.00. The molecule has 2 N–H and O–H groups in total. The van der Waals surface area contributed by atoms with Gasteiger partial charge in [-0.2, -0.15) is 16.4 Å². The minimum atomic E-state index is 0.438. The van der Waals surface area contributed by atoms with E-state index < -0.39 is 0 Å². The van der Waals surface area contributed by atoms with Crippen LogP contribution in [0.2, 0.25) is 0 Å². The number of likely N-dealkylation sites (N-methyl/N-ethyl adjacent to an activating group) is 1. The third-order valence-corrected chi connectivity index (χ3v) is 4.74. The van der Waals surface area contributed by atoms with Crippen LogP contribution < -0.4 is 10.6 Å². The van der Waals surface area contributed by atoms with E-state index >= 15 is 0 Å². The van der Waals surface area contributed by atoms with E-state index in [0.717, 1.165) is 32.0 Å². The van der Waals surface area contributed by atoms with Crippen molar-refractivity contribution in [3.05, 3.63) is 34.7 Å². The molecule has 0 saturated carbocycles. The smallest absolute Gasteiger partial charge is 0.124 e. The number of aromatic nitrogens is 2. The number of thiophene rings is 1. The van der Waals surface area contributed by atoms with E-state index in [9.17, 15) is 0 Å². The molecule has 0 aliphatic carbocycles. The number of fused-ring (bicyclic) bond motifs is 1. The average Bonchev–Trinajstić information content (AvgIpc) is 3.13. The number of nitrogens with one attached hydrogen (secondary N) is 2. The zero-order valence-corrected chi connectivity index (χ0v) is 13.4. The van der Waals surface area contributed by atoms with Crippen molar-refractivity contribution in [2.75, 3.05) is 39.0 Å². The van der Waals surface area contributed by atoms with Crippen molar-refractivity contribution < 1.29 is 0 Å². The molecule has 3 rings (SSSR count). The van der Waals surface area contributed by atoms with Crippen molar-refractivity contribution in [2.24, 2.45) is 5.92 Å². The molecular weight excluding hydrogens is 282 g/mol. The summed E-state index contributed by atoms with van der Waals surface area (Å²) in [6.07, 6.45) is 1.86. The van der Waals surface area contributed by atoms with E-state index in [-0.39, 0.29) is 0 Å². The van der Waals surface area contributed by atoms with E-state index in [4.69, 9.17) is 0 Å². The average molecular weight is 305 g/mol. The van der Waals surface area contributed by atoms with E-state index in [1.165, 1.54) is 5.56 Å². The Balaban J connectivity index is 1.49. The van der Waals surface area contributed by atoms with Gasteiger partial charge in [-0.1, -0.05) is 0 Å². The first-order chi connectivity index (χ1) is 10.2. The highest BCUT2D eigenvalue weighted by molar-refractivity contribution is 7.07. The highest BCUT2D eigenvalue weighted by Gasteiger charge is 2.19. The fraction of sp³-hybridized carbons (Fsp3) is 0.533. The molecule has 6 heteroatoms. The molecule has 0 unspecified atom stereocenters. The predicted molar refractivity (Wildman–Crippen MR) is 87.8 cm³/mol. The summed E-state index contributed by atoms with van der Waals surface area (Å²) in [7, 11) is 4.28. The SMILES string of the molecule is CN(C)[C@@H](CNC[C@@H]1CNc2ccnn2C1)c1ccsc1. The maximum atomic E-state index is 4.34. The molecular formula is C15H23N5S. The van der Waals surface area contributed by atoms with E-state index in [1.807, 2.05) is 12.3 Å². The van der Waals surface area contributed by atoms with Crippen molar-refractivity contribution >= 4 is 17.2 Å². The molecule has 0 fully saturated rings. The maximum absolute atomic E-state index is 4.34. The van der Waals surface area contributed by atoms with Crippen LogP contribution in [0, 0.1) is 5.92 Å². The van der Waals surface area contributed by atoms with Crippen LogP contribution in [0.4, 0.5) is 5.82 Å². The fourth-order valence-electron chi connectivity index (χ4n) is 2.81. The third kappa shape index (κ3) is 3.45. The van der Waals surface area contributed by atoms with Gasteiger partial charge in [-0.15, -0.1) is 0 Å². The number of hydrogen-bond acceptors (Lipinski definition) is 5. The Morgan fingerprint density at radius 3 is 3.19 bits per heavy atom. The van der Waals surface area contributed by atoms with Crippen LogP contribution >= 0.6 is 11.3 Å². The van der Waals surface area contributed by atoms with Crippen molar-refractivity contribution in [1.82, 2.24) is 20.0 Å². The number of anilines is 1. The van der Waals surface area contributed by atoms with Crippen molar-refractivity contribution in [3.8, 4) is 0 Å². The van der Waals surface area contributed by atoms with Gasteiger partial charge < -0.3 is 15.5 Å². The van der Waals surface area contributed by atoms with Crippen molar-refractivity contribution in [1.29, 1.82) is 0 Å². The minimum absolute atomic E-state index is 0.438. The highest BCUT2D eigenvalue weighted by atomic mass is 32.1. The van der Waals surface area contributed by atoms with Crippen LogP contribution in [0.25, 0.3) is 0 Å². The first-order valence-electron chi connectivity index (χ1n) is 7.39. The Bertz CT molecular complexity index is 548. The summed E-state index contributed by atoms with van der Waals surface area (Å²) in [4.78, 5) is 2.28. The summed E-state index contributed by atoms with van der Waals surface area (Å²) in [5.74, 6) is 1.72. The predicted octanol–water partition coefficient (Wildman–Crippen LogP) is 1.88. The molecule has 0 saturated heterocycles. The quantitative estimate of drug-likeness (QED) is 0.855. The van der Waals surface area contributed by atoms with Crippen LogP contribution in [-0.4, -0.2) is 48.4 Å². The lowest BCUT2D eigenvalue weighted by Crippen LogP contribution is -2.38. The molecule has 1 aliphatic heterocycles. The second-order valence-corrected chi connectivity index (χ2v) is 6.62. The topological polar surface area (TPSA) is 45.1 Å². The van der Waals surface area contributed by atoms with Crippen LogP contribution in [0.5, 0.6) is 0 Å². The van der Waals surface area contributed by atoms with Gasteiger partial charge in [0.1, 0.15) is 5.82 Å². The lowest BCUT2D eigenvalue weighted by molar-refractivity contribution is 0.280. The number of rotatable bonds is 6. The molecule has 0 aromatic carbocycles.